The Morgan fingerprint density at radius 1 is 1.20 bits per heavy atom. The average Bonchev–Trinajstić information content (AvgIpc) is 3.21. The second kappa shape index (κ2) is 11.3. The summed E-state index contributed by atoms with van der Waals surface area (Å²) in [6.07, 6.45) is 6.37. The summed E-state index contributed by atoms with van der Waals surface area (Å²) in [5.41, 5.74) is 4.99. The second-order valence-corrected chi connectivity index (χ2v) is 9.75. The van der Waals surface area contributed by atoms with Crippen molar-refractivity contribution in [3.8, 4) is 5.88 Å². The first-order valence-electron chi connectivity index (χ1n) is 13.0. The molecule has 1 aromatic heterocycles. The van der Waals surface area contributed by atoms with Gasteiger partial charge in [0.05, 0.1) is 32.4 Å². The average molecular weight is 484 g/mol. The first-order valence-corrected chi connectivity index (χ1v) is 13.0. The molecule has 2 aliphatic rings. The Kier molecular flexibility index (Phi) is 8.21. The summed E-state index contributed by atoms with van der Waals surface area (Å²) in [5.74, 6) is 1.46. The van der Waals surface area contributed by atoms with Gasteiger partial charge < -0.3 is 24.6 Å². The zero-order chi connectivity index (χ0) is 24.9. The fourth-order valence-corrected chi connectivity index (χ4v) is 5.68. The van der Waals surface area contributed by atoms with Crippen molar-refractivity contribution in [3.05, 3.63) is 34.4 Å². The Bertz CT molecular complexity index is 1020. The molecule has 35 heavy (non-hydrogen) atoms. The van der Waals surface area contributed by atoms with Gasteiger partial charge in [-0.15, -0.1) is 5.10 Å². The van der Waals surface area contributed by atoms with E-state index in [1.54, 1.807) is 7.11 Å². The number of morpholine rings is 1. The van der Waals surface area contributed by atoms with E-state index >= 15 is 0 Å². The number of anilines is 2. The number of nitrogens with one attached hydrogen (secondary N) is 1. The van der Waals surface area contributed by atoms with Crippen molar-refractivity contribution in [2.75, 3.05) is 49.8 Å². The smallest absolute Gasteiger partial charge is 0.251 e. The van der Waals surface area contributed by atoms with Crippen LogP contribution in [0.3, 0.4) is 0 Å². The lowest BCUT2D eigenvalue weighted by Gasteiger charge is -2.37. The van der Waals surface area contributed by atoms with Gasteiger partial charge in [-0.05, 0) is 56.9 Å². The van der Waals surface area contributed by atoms with Crippen LogP contribution in [0, 0.1) is 13.8 Å². The minimum absolute atomic E-state index is 0.0639. The zero-order valence-corrected chi connectivity index (χ0v) is 22.0. The molecule has 4 rings (SSSR count). The third kappa shape index (κ3) is 5.42. The van der Waals surface area contributed by atoms with Gasteiger partial charge in [0.2, 0.25) is 5.88 Å². The lowest BCUT2D eigenvalue weighted by Crippen LogP contribution is -2.38. The molecule has 1 aliphatic carbocycles. The zero-order valence-electron chi connectivity index (χ0n) is 22.0. The number of rotatable bonds is 8. The van der Waals surface area contributed by atoms with Crippen molar-refractivity contribution in [1.29, 1.82) is 0 Å². The SMILES string of the molecule is CCN(c1cc(C)cc(C(=O)NCc2c(OC)nn(C)c2N2CCOCC2)c1C)C1CCCCC1. The van der Waals surface area contributed by atoms with Gasteiger partial charge in [0.15, 0.2) is 0 Å². The lowest BCUT2D eigenvalue weighted by molar-refractivity contribution is 0.0949. The third-order valence-corrected chi connectivity index (χ3v) is 7.44. The van der Waals surface area contributed by atoms with Crippen LogP contribution in [0.2, 0.25) is 0 Å². The minimum Gasteiger partial charge on any atom is -0.480 e. The molecule has 0 radical (unpaired) electrons. The molecule has 1 aliphatic heterocycles. The summed E-state index contributed by atoms with van der Waals surface area (Å²) in [4.78, 5) is 18.3. The molecule has 8 nitrogen and oxygen atoms in total. The summed E-state index contributed by atoms with van der Waals surface area (Å²) in [7, 11) is 3.54. The van der Waals surface area contributed by atoms with Crippen LogP contribution in [0.15, 0.2) is 12.1 Å². The Hall–Kier alpha value is -2.74. The van der Waals surface area contributed by atoms with Crippen LogP contribution in [0.5, 0.6) is 5.88 Å². The first-order chi connectivity index (χ1) is 16.9. The van der Waals surface area contributed by atoms with E-state index in [2.05, 4.69) is 47.1 Å². The van der Waals surface area contributed by atoms with Gasteiger partial charge in [-0.1, -0.05) is 19.3 Å². The molecular weight excluding hydrogens is 442 g/mol. The summed E-state index contributed by atoms with van der Waals surface area (Å²) in [6, 6.07) is 4.80. The van der Waals surface area contributed by atoms with Crippen LogP contribution in [-0.4, -0.2) is 61.7 Å². The monoisotopic (exact) mass is 483 g/mol. The molecule has 0 atom stereocenters. The van der Waals surface area contributed by atoms with Crippen LogP contribution >= 0.6 is 0 Å². The summed E-state index contributed by atoms with van der Waals surface area (Å²) in [6.45, 7) is 10.6. The number of carbonyl (C=O) groups excluding carboxylic acids is 1. The highest BCUT2D eigenvalue weighted by Crippen LogP contribution is 2.33. The molecule has 2 fully saturated rings. The van der Waals surface area contributed by atoms with Crippen LogP contribution in [-0.2, 0) is 18.3 Å². The number of aromatic nitrogens is 2. The number of ether oxygens (including phenoxy) is 2. The number of methoxy groups -OCH3 is 1. The largest absolute Gasteiger partial charge is 0.480 e. The molecule has 0 unspecified atom stereocenters. The maximum absolute atomic E-state index is 13.5. The van der Waals surface area contributed by atoms with Gasteiger partial charge in [-0.2, -0.15) is 0 Å². The van der Waals surface area contributed by atoms with Gasteiger partial charge in [-0.3, -0.25) is 4.79 Å². The van der Waals surface area contributed by atoms with Crippen molar-refractivity contribution in [2.24, 2.45) is 7.05 Å². The predicted molar refractivity (Wildman–Crippen MR) is 140 cm³/mol. The van der Waals surface area contributed by atoms with Crippen molar-refractivity contribution in [2.45, 2.75) is 65.5 Å². The predicted octanol–water partition coefficient (Wildman–Crippen LogP) is 3.97. The number of hydrogen-bond acceptors (Lipinski definition) is 6. The summed E-state index contributed by atoms with van der Waals surface area (Å²) < 4.78 is 12.9. The summed E-state index contributed by atoms with van der Waals surface area (Å²) in [5, 5.41) is 7.71. The van der Waals surface area contributed by atoms with Crippen molar-refractivity contribution < 1.29 is 14.3 Å². The highest BCUT2D eigenvalue weighted by Gasteiger charge is 2.26. The topological polar surface area (TPSA) is 71.9 Å². The molecule has 0 bridgehead atoms. The third-order valence-electron chi connectivity index (χ3n) is 7.44. The van der Waals surface area contributed by atoms with Crippen LogP contribution < -0.4 is 19.9 Å². The highest BCUT2D eigenvalue weighted by molar-refractivity contribution is 5.97. The second-order valence-electron chi connectivity index (χ2n) is 9.75. The van der Waals surface area contributed by atoms with E-state index in [0.717, 1.165) is 47.7 Å². The fraction of sp³-hybridized carbons (Fsp3) is 0.630. The van der Waals surface area contributed by atoms with Gasteiger partial charge in [-0.25, -0.2) is 4.68 Å². The van der Waals surface area contributed by atoms with E-state index in [0.29, 0.717) is 31.7 Å². The van der Waals surface area contributed by atoms with Crippen molar-refractivity contribution in [1.82, 2.24) is 15.1 Å². The van der Waals surface area contributed by atoms with Gasteiger partial charge in [0.1, 0.15) is 5.82 Å². The van der Waals surface area contributed by atoms with Crippen LogP contribution in [0.4, 0.5) is 11.5 Å². The molecule has 2 heterocycles. The van der Waals surface area contributed by atoms with Gasteiger partial charge in [0.25, 0.3) is 5.91 Å². The van der Waals surface area contributed by atoms with E-state index in [1.807, 2.05) is 17.8 Å². The maximum atomic E-state index is 13.5. The maximum Gasteiger partial charge on any atom is 0.251 e. The van der Waals surface area contributed by atoms with Crippen LogP contribution in [0.1, 0.15) is 66.1 Å². The normalized spacial score (nSPS) is 16.9. The number of hydrogen-bond donors (Lipinski definition) is 1. The molecule has 1 N–H and O–H groups in total. The number of amides is 1. The quantitative estimate of drug-likeness (QED) is 0.613. The minimum atomic E-state index is -0.0639. The molecule has 1 saturated carbocycles. The van der Waals surface area contributed by atoms with E-state index in [-0.39, 0.29) is 5.91 Å². The molecule has 1 saturated heterocycles. The molecular formula is C27H41N5O3. The standard InChI is InChI=1S/C27H41N5O3/c1-6-32(21-10-8-7-9-11-21)24-17-19(2)16-22(20(24)3)25(33)28-18-23-26(34-5)29-30(4)27(23)31-12-14-35-15-13-31/h16-17,21H,6-15,18H2,1-5H3,(H,28,33). The van der Waals surface area contributed by atoms with Crippen LogP contribution in [0.25, 0.3) is 0 Å². The van der Waals surface area contributed by atoms with E-state index in [1.165, 1.54) is 37.8 Å². The van der Waals surface area contributed by atoms with E-state index in [9.17, 15) is 4.79 Å². The lowest BCUT2D eigenvalue weighted by atomic mass is 9.92. The molecule has 192 valence electrons. The highest BCUT2D eigenvalue weighted by atomic mass is 16.5. The molecule has 2 aromatic rings. The van der Waals surface area contributed by atoms with E-state index in [4.69, 9.17) is 9.47 Å². The number of benzene rings is 1. The fourth-order valence-electron chi connectivity index (χ4n) is 5.68. The van der Waals surface area contributed by atoms with Crippen molar-refractivity contribution >= 4 is 17.4 Å². The number of carbonyl (C=O) groups is 1. The molecule has 1 aromatic carbocycles. The molecule has 0 spiro atoms. The molecule has 1 amide bonds. The first kappa shape index (κ1) is 25.4. The van der Waals surface area contributed by atoms with Gasteiger partial charge in [0, 0.05) is 44.0 Å². The number of nitrogens with zero attached hydrogens (tertiary/aromatic N) is 4. The Labute approximate surface area is 209 Å². The number of aryl methyl sites for hydroxylation is 2. The Morgan fingerprint density at radius 2 is 1.91 bits per heavy atom. The van der Waals surface area contributed by atoms with Gasteiger partial charge >= 0.3 is 0 Å². The Morgan fingerprint density at radius 3 is 2.57 bits per heavy atom. The van der Waals surface area contributed by atoms with E-state index < -0.39 is 0 Å². The van der Waals surface area contributed by atoms with Crippen molar-refractivity contribution in [3.63, 3.8) is 0 Å². The Balaban J connectivity index is 1.57. The molecule has 8 heteroatoms. The summed E-state index contributed by atoms with van der Waals surface area (Å²) >= 11 is 0.